The lowest BCUT2D eigenvalue weighted by atomic mass is 10.1. The van der Waals surface area contributed by atoms with Crippen LogP contribution in [0.15, 0.2) is 54.6 Å². The molecule has 0 spiro atoms. The van der Waals surface area contributed by atoms with Crippen molar-refractivity contribution in [3.8, 4) is 0 Å². The predicted molar refractivity (Wildman–Crippen MR) is 127 cm³/mol. The molecule has 1 aromatic heterocycles. The van der Waals surface area contributed by atoms with Crippen molar-refractivity contribution in [3.63, 3.8) is 0 Å². The number of nitrogens with one attached hydrogen (secondary N) is 3. The Morgan fingerprint density at radius 1 is 1.06 bits per heavy atom. The number of alkyl carbamates (subject to hydrolysis) is 1. The molecule has 0 bridgehead atoms. The van der Waals surface area contributed by atoms with E-state index in [1.807, 2.05) is 54.6 Å². The van der Waals surface area contributed by atoms with Crippen molar-refractivity contribution in [1.29, 1.82) is 0 Å². The number of amides is 2. The average molecular weight is 492 g/mol. The zero-order valence-corrected chi connectivity index (χ0v) is 19.3. The summed E-state index contributed by atoms with van der Waals surface area (Å²) in [7, 11) is -3.77. The molecule has 0 unspecified atom stereocenters. The Labute approximate surface area is 195 Å². The molecule has 33 heavy (non-hydrogen) atoms. The number of rotatable bonds is 11. The van der Waals surface area contributed by atoms with E-state index in [2.05, 4.69) is 20.3 Å². The van der Waals surface area contributed by atoms with Gasteiger partial charge >= 0.3 is 6.09 Å². The highest BCUT2D eigenvalue weighted by molar-refractivity contribution is 7.87. The topological polar surface area (TPSA) is 153 Å². The Morgan fingerprint density at radius 2 is 1.79 bits per heavy atom. The van der Waals surface area contributed by atoms with E-state index >= 15 is 0 Å². The molecular weight excluding hydrogens is 466 g/mol. The second kappa shape index (κ2) is 11.7. The number of hydrogen-bond donors (Lipinski definition) is 4. The number of ether oxygens (including phenoxy) is 1. The lowest BCUT2D eigenvalue weighted by Gasteiger charge is -2.17. The molecule has 2 amide bonds. The maximum absolute atomic E-state index is 12.9. The van der Waals surface area contributed by atoms with Crippen LogP contribution in [0.1, 0.15) is 24.8 Å². The van der Waals surface area contributed by atoms with Crippen molar-refractivity contribution in [3.05, 3.63) is 60.2 Å². The van der Waals surface area contributed by atoms with Gasteiger partial charge in [-0.1, -0.05) is 53.8 Å². The minimum atomic E-state index is -3.77. The maximum atomic E-state index is 12.9. The van der Waals surface area contributed by atoms with Crippen LogP contribution in [0.25, 0.3) is 10.2 Å². The normalized spacial score (nSPS) is 12.3. The largest absolute Gasteiger partial charge is 0.445 e. The van der Waals surface area contributed by atoms with Crippen LogP contribution in [-0.2, 0) is 26.3 Å². The molecule has 10 nitrogen and oxygen atoms in total. The predicted octanol–water partition coefficient (Wildman–Crippen LogP) is 2.49. The van der Waals surface area contributed by atoms with Gasteiger partial charge in [0.15, 0.2) is 5.13 Å². The average Bonchev–Trinajstić information content (AvgIpc) is 3.19. The van der Waals surface area contributed by atoms with E-state index in [0.717, 1.165) is 15.8 Å². The Balaban J connectivity index is 1.59. The van der Waals surface area contributed by atoms with Gasteiger partial charge in [0.05, 0.1) is 10.2 Å². The van der Waals surface area contributed by atoms with Crippen molar-refractivity contribution in [1.82, 2.24) is 15.0 Å². The van der Waals surface area contributed by atoms with Crippen molar-refractivity contribution in [2.75, 3.05) is 11.9 Å². The number of carbonyl (C=O) groups is 2. The standard InChI is InChI=1S/C21H25N5O5S2/c22-33(29,30)23-13-7-6-11-17(25-21(28)31-14-15-8-2-1-3-9-15)19(27)26-20-24-16-10-4-5-12-18(16)32-20/h1-5,8-10,12,17,23H,6-7,11,13-14H2,(H,25,28)(H2,22,29,30)(H,24,26,27)/t17-/m1/s1. The second-order valence-electron chi connectivity index (χ2n) is 7.17. The summed E-state index contributed by atoms with van der Waals surface area (Å²) < 4.78 is 30.3. The van der Waals surface area contributed by atoms with E-state index in [1.165, 1.54) is 11.3 Å². The molecule has 12 heteroatoms. The quantitative estimate of drug-likeness (QED) is 0.302. The number of unbranched alkanes of at least 4 members (excludes halogenated alkanes) is 1. The summed E-state index contributed by atoms with van der Waals surface area (Å²) in [5, 5.41) is 10.7. The zero-order chi connectivity index (χ0) is 23.7. The van der Waals surface area contributed by atoms with E-state index in [4.69, 9.17) is 9.88 Å². The molecule has 0 aliphatic carbocycles. The van der Waals surface area contributed by atoms with Gasteiger partial charge in [0.2, 0.25) is 5.91 Å². The van der Waals surface area contributed by atoms with Gasteiger partial charge in [0, 0.05) is 6.54 Å². The molecule has 0 radical (unpaired) electrons. The molecular formula is C21H25N5O5S2. The number of nitrogens with zero attached hydrogens (tertiary/aromatic N) is 1. The van der Waals surface area contributed by atoms with Gasteiger partial charge in [0.1, 0.15) is 12.6 Å². The monoisotopic (exact) mass is 491 g/mol. The van der Waals surface area contributed by atoms with Gasteiger partial charge < -0.3 is 15.4 Å². The molecule has 1 heterocycles. The van der Waals surface area contributed by atoms with Gasteiger partial charge in [-0.05, 0) is 37.0 Å². The van der Waals surface area contributed by atoms with E-state index < -0.39 is 28.3 Å². The fraction of sp³-hybridized carbons (Fsp3) is 0.286. The molecule has 0 aliphatic rings. The van der Waals surface area contributed by atoms with Crippen LogP contribution >= 0.6 is 11.3 Å². The summed E-state index contributed by atoms with van der Waals surface area (Å²) >= 11 is 1.33. The van der Waals surface area contributed by atoms with Crippen LogP contribution < -0.4 is 20.5 Å². The lowest BCUT2D eigenvalue weighted by molar-refractivity contribution is -0.118. The molecule has 0 fully saturated rings. The van der Waals surface area contributed by atoms with E-state index in [1.54, 1.807) is 0 Å². The molecule has 3 aromatic rings. The van der Waals surface area contributed by atoms with Crippen LogP contribution in [0.4, 0.5) is 9.93 Å². The minimum absolute atomic E-state index is 0.0666. The number of fused-ring (bicyclic) bond motifs is 1. The van der Waals surface area contributed by atoms with Gasteiger partial charge in [0.25, 0.3) is 10.2 Å². The summed E-state index contributed by atoms with van der Waals surface area (Å²) in [5.41, 5.74) is 1.58. The van der Waals surface area contributed by atoms with Crippen LogP contribution in [0.3, 0.4) is 0 Å². The van der Waals surface area contributed by atoms with Gasteiger partial charge in [-0.25, -0.2) is 19.6 Å². The number of para-hydroxylation sites is 1. The second-order valence-corrected chi connectivity index (χ2v) is 9.58. The molecule has 5 N–H and O–H groups in total. The number of aromatic nitrogens is 1. The number of anilines is 1. The Morgan fingerprint density at radius 3 is 2.52 bits per heavy atom. The molecule has 0 saturated carbocycles. The maximum Gasteiger partial charge on any atom is 0.408 e. The fourth-order valence-corrected chi connectivity index (χ4v) is 4.28. The van der Waals surface area contributed by atoms with Crippen LogP contribution in [0.5, 0.6) is 0 Å². The highest BCUT2D eigenvalue weighted by Gasteiger charge is 2.22. The third-order valence-electron chi connectivity index (χ3n) is 4.57. The van der Waals surface area contributed by atoms with Crippen LogP contribution in [0.2, 0.25) is 0 Å². The summed E-state index contributed by atoms with van der Waals surface area (Å²) in [4.78, 5) is 29.6. The SMILES string of the molecule is NS(=O)(=O)NCCCC[C@@H](NC(=O)OCc1ccccc1)C(=O)Nc1nc2ccccc2s1. The van der Waals surface area contributed by atoms with Crippen molar-refractivity contribution in [2.24, 2.45) is 5.14 Å². The lowest BCUT2D eigenvalue weighted by Crippen LogP contribution is -2.44. The molecule has 176 valence electrons. The van der Waals surface area contributed by atoms with Crippen molar-refractivity contribution >= 4 is 48.9 Å². The highest BCUT2D eigenvalue weighted by atomic mass is 32.2. The summed E-state index contributed by atoms with van der Waals surface area (Å²) in [6.45, 7) is 0.195. The zero-order valence-electron chi connectivity index (χ0n) is 17.7. The molecule has 1 atom stereocenters. The highest BCUT2D eigenvalue weighted by Crippen LogP contribution is 2.25. The van der Waals surface area contributed by atoms with Crippen molar-refractivity contribution < 1.29 is 22.7 Å². The fourth-order valence-electron chi connectivity index (χ4n) is 2.98. The van der Waals surface area contributed by atoms with E-state index in [0.29, 0.717) is 18.0 Å². The van der Waals surface area contributed by atoms with Crippen LogP contribution in [0, 0.1) is 0 Å². The molecule has 2 aromatic carbocycles. The number of hydrogen-bond acceptors (Lipinski definition) is 7. The first-order valence-electron chi connectivity index (χ1n) is 10.2. The molecule has 0 aliphatic heterocycles. The Hall–Kier alpha value is -3.06. The third-order valence-corrected chi connectivity index (χ3v) is 6.13. The van der Waals surface area contributed by atoms with Gasteiger partial charge in [-0.2, -0.15) is 8.42 Å². The summed E-state index contributed by atoms with van der Waals surface area (Å²) in [6, 6.07) is 15.8. The van der Waals surface area contributed by atoms with Crippen molar-refractivity contribution in [2.45, 2.75) is 31.9 Å². The third kappa shape index (κ3) is 8.42. The number of nitrogens with two attached hydrogens (primary N) is 1. The summed E-state index contributed by atoms with van der Waals surface area (Å²) in [6.07, 6.45) is 0.427. The first-order chi connectivity index (χ1) is 15.8. The Kier molecular flexibility index (Phi) is 8.72. The van der Waals surface area contributed by atoms with E-state index in [-0.39, 0.29) is 19.6 Å². The minimum Gasteiger partial charge on any atom is -0.445 e. The number of carbonyl (C=O) groups excluding carboxylic acids is 2. The smallest absolute Gasteiger partial charge is 0.408 e. The first kappa shape index (κ1) is 24.6. The Bertz CT molecular complexity index is 1150. The number of benzene rings is 2. The number of thiazole rings is 1. The first-order valence-corrected chi connectivity index (χ1v) is 12.6. The van der Waals surface area contributed by atoms with Gasteiger partial charge in [-0.3, -0.25) is 4.79 Å². The molecule has 0 saturated heterocycles. The summed E-state index contributed by atoms with van der Waals surface area (Å²) in [5.74, 6) is -0.440. The van der Waals surface area contributed by atoms with Crippen LogP contribution in [-0.4, -0.2) is 38.0 Å². The molecule has 3 rings (SSSR count). The van der Waals surface area contributed by atoms with E-state index in [9.17, 15) is 18.0 Å². The van der Waals surface area contributed by atoms with Gasteiger partial charge in [-0.15, -0.1) is 0 Å².